The Morgan fingerprint density at radius 1 is 0.633 bits per heavy atom. The number of hydrogen-bond acceptors (Lipinski definition) is 13. The number of halogens is 2. The lowest BCUT2D eigenvalue weighted by Crippen LogP contribution is -2.33. The molecule has 0 saturated heterocycles. The number of imide groups is 2. The van der Waals surface area contributed by atoms with Crippen molar-refractivity contribution in [1.29, 1.82) is 0 Å². The number of carbonyl (C=O) groups excluding carboxylic acids is 9. The van der Waals surface area contributed by atoms with E-state index in [9.17, 15) is 43.2 Å². The lowest BCUT2D eigenvalue weighted by molar-refractivity contribution is -0.148. The van der Waals surface area contributed by atoms with E-state index in [1.54, 1.807) is 20.8 Å². The van der Waals surface area contributed by atoms with Gasteiger partial charge in [0, 0.05) is 69.6 Å². The second kappa shape index (κ2) is 32.6. The zero-order valence-corrected chi connectivity index (χ0v) is 37.5. The van der Waals surface area contributed by atoms with E-state index < -0.39 is 29.5 Å². The molecular weight excluding hydrogens is 823 g/mol. The number of carbonyl (C=O) groups is 9. The summed E-state index contributed by atoms with van der Waals surface area (Å²) >= 11 is 9.53. The Kier molecular flexibility index (Phi) is 30.3. The van der Waals surface area contributed by atoms with Crippen LogP contribution < -0.4 is 11.1 Å². The number of rotatable bonds is 27. The van der Waals surface area contributed by atoms with E-state index in [4.69, 9.17) is 43.1 Å². The molecule has 16 nitrogen and oxygen atoms in total. The highest BCUT2D eigenvalue weighted by Gasteiger charge is 2.25. The minimum Gasteiger partial charge on any atom is -0.469 e. The van der Waals surface area contributed by atoms with Gasteiger partial charge in [-0.2, -0.15) is 0 Å². The van der Waals surface area contributed by atoms with Gasteiger partial charge in [0.15, 0.2) is 0 Å². The maximum atomic E-state index is 12.3. The second-order valence-corrected chi connectivity index (χ2v) is 16.0. The number of methoxy groups -OCH3 is 2. The monoisotopic (exact) mass is 888 g/mol. The molecule has 2 aliphatic rings. The lowest BCUT2D eigenvalue weighted by atomic mass is 9.94. The predicted octanol–water partition coefficient (Wildman–Crippen LogP) is 5.69. The number of ether oxygens (including phenoxy) is 3. The van der Waals surface area contributed by atoms with Crippen molar-refractivity contribution in [3.63, 3.8) is 0 Å². The Labute approximate surface area is 364 Å². The molecule has 2 rings (SSSR count). The van der Waals surface area contributed by atoms with Gasteiger partial charge in [0.1, 0.15) is 17.2 Å². The number of nitrogens with one attached hydrogen (secondary N) is 1. The first-order valence-corrected chi connectivity index (χ1v) is 21.6. The molecule has 0 aromatic carbocycles. The van der Waals surface area contributed by atoms with Gasteiger partial charge in [0.05, 0.1) is 31.4 Å². The topological polar surface area (TPSA) is 226 Å². The third kappa shape index (κ3) is 26.1. The zero-order valence-electron chi connectivity index (χ0n) is 35.9. The zero-order chi connectivity index (χ0) is 45.5. The molecule has 5 amide bonds. The number of Topliss-reactive ketones (excluding diaryl/α,β-unsaturated/α-hetero) is 2. The minimum absolute atomic E-state index is 0.0118. The molecule has 0 saturated carbocycles. The van der Waals surface area contributed by atoms with Crippen LogP contribution in [0, 0.1) is 11.8 Å². The first-order chi connectivity index (χ1) is 28.4. The summed E-state index contributed by atoms with van der Waals surface area (Å²) in [5.41, 5.74) is 4.89. The Hall–Kier alpha value is -4.15. The first-order valence-electron chi connectivity index (χ1n) is 20.5. The van der Waals surface area contributed by atoms with Gasteiger partial charge in [-0.05, 0) is 78.7 Å². The maximum absolute atomic E-state index is 12.3. The molecule has 60 heavy (non-hydrogen) atoms. The lowest BCUT2D eigenvalue weighted by Gasteiger charge is -2.19. The van der Waals surface area contributed by atoms with Crippen LogP contribution in [0.15, 0.2) is 24.3 Å². The van der Waals surface area contributed by atoms with Crippen LogP contribution in [0.4, 0.5) is 4.79 Å². The molecule has 0 aliphatic carbocycles. The quantitative estimate of drug-likeness (QED) is 0.0333. The average molecular weight is 890 g/mol. The number of nitrogens with two attached hydrogens (primary N) is 1. The van der Waals surface area contributed by atoms with Crippen LogP contribution in [0.1, 0.15) is 124 Å². The van der Waals surface area contributed by atoms with Gasteiger partial charge in [-0.1, -0.05) is 25.7 Å². The Morgan fingerprint density at radius 3 is 1.37 bits per heavy atom. The predicted molar refractivity (Wildman–Crippen MR) is 226 cm³/mol. The molecule has 3 N–H and O–H groups in total. The fraction of sp³-hybridized carbons (Fsp3) is 0.690. The van der Waals surface area contributed by atoms with Gasteiger partial charge < -0.3 is 25.3 Å². The van der Waals surface area contributed by atoms with Crippen molar-refractivity contribution in [1.82, 2.24) is 15.1 Å². The standard InChI is InChI=1S/C23H36N2O7.C18H28N2O5.CH2Cl2/c1-23(2,3)32-22(30)24-14-8-7-10-17(21(29)31-4)16-18(26)11-6-5-9-15-25-19(27)12-13-20(25)28;1-25-18(24)14(7-4-5-11-19)13-15(21)8-3-2-6-12-20-16(22)9-10-17(20)23;2-1-3/h12-13,17H,5-11,14-16H2,1-4H3,(H,24,30);9-10,14H,2-8,11-13,19H2,1H3;1H2. The molecule has 2 atom stereocenters. The van der Waals surface area contributed by atoms with E-state index in [1.165, 1.54) is 48.3 Å². The van der Waals surface area contributed by atoms with E-state index in [1.807, 2.05) is 0 Å². The van der Waals surface area contributed by atoms with Gasteiger partial charge in [0.25, 0.3) is 23.6 Å². The van der Waals surface area contributed by atoms with E-state index >= 15 is 0 Å². The summed E-state index contributed by atoms with van der Waals surface area (Å²) in [7, 11) is 2.64. The molecule has 18 heteroatoms. The van der Waals surface area contributed by atoms with E-state index in [0.717, 1.165) is 19.3 Å². The van der Waals surface area contributed by atoms with Crippen LogP contribution in [-0.2, 0) is 52.6 Å². The summed E-state index contributed by atoms with van der Waals surface area (Å²) in [6, 6.07) is 0. The normalized spacial score (nSPS) is 14.2. The average Bonchev–Trinajstić information content (AvgIpc) is 3.69. The van der Waals surface area contributed by atoms with Gasteiger partial charge in [-0.25, -0.2) is 4.79 Å². The largest absolute Gasteiger partial charge is 0.469 e. The van der Waals surface area contributed by atoms with E-state index in [-0.39, 0.29) is 59.3 Å². The molecule has 0 spiro atoms. The van der Waals surface area contributed by atoms with Crippen molar-refractivity contribution in [2.45, 2.75) is 129 Å². The summed E-state index contributed by atoms with van der Waals surface area (Å²) in [5, 5.41) is 2.86. The number of ketones is 2. The Bertz CT molecular complexity index is 1430. The Morgan fingerprint density at radius 2 is 1.02 bits per heavy atom. The van der Waals surface area contributed by atoms with Crippen LogP contribution in [0.25, 0.3) is 0 Å². The molecule has 0 fully saturated rings. The molecule has 0 aromatic rings. The molecule has 0 bridgehead atoms. The summed E-state index contributed by atoms with van der Waals surface area (Å²) in [5.74, 6) is -2.77. The minimum atomic E-state index is -0.555. The maximum Gasteiger partial charge on any atom is 0.407 e. The first kappa shape index (κ1) is 55.9. The summed E-state index contributed by atoms with van der Waals surface area (Å²) in [6.07, 6.45) is 13.8. The number of hydrogen-bond donors (Lipinski definition) is 2. The number of amides is 5. The molecule has 2 heterocycles. The molecule has 0 radical (unpaired) electrons. The smallest absolute Gasteiger partial charge is 0.407 e. The van der Waals surface area contributed by atoms with Gasteiger partial charge in [0.2, 0.25) is 0 Å². The van der Waals surface area contributed by atoms with Crippen LogP contribution in [0.2, 0.25) is 0 Å². The van der Waals surface area contributed by atoms with Gasteiger partial charge >= 0.3 is 18.0 Å². The summed E-state index contributed by atoms with van der Waals surface area (Å²) in [4.78, 5) is 108. The number of nitrogens with zero attached hydrogens (tertiary/aromatic N) is 2. The number of unbranched alkanes of at least 4 members (excludes halogenated alkanes) is 6. The van der Waals surface area contributed by atoms with Crippen molar-refractivity contribution in [3.05, 3.63) is 24.3 Å². The van der Waals surface area contributed by atoms with Crippen molar-refractivity contribution in [2.24, 2.45) is 17.6 Å². The van der Waals surface area contributed by atoms with Crippen LogP contribution in [-0.4, -0.2) is 114 Å². The summed E-state index contributed by atoms with van der Waals surface area (Å²) < 4.78 is 14.8. The highest BCUT2D eigenvalue weighted by atomic mass is 35.5. The molecule has 2 aliphatic heterocycles. The highest BCUT2D eigenvalue weighted by molar-refractivity contribution is 6.40. The number of alkyl carbamates (subject to hydrolysis) is 1. The number of alkyl halides is 2. The van der Waals surface area contributed by atoms with E-state index in [2.05, 4.69) is 5.32 Å². The van der Waals surface area contributed by atoms with Crippen molar-refractivity contribution < 1.29 is 57.4 Å². The van der Waals surface area contributed by atoms with Gasteiger partial charge in [-0.3, -0.25) is 48.2 Å². The summed E-state index contributed by atoms with van der Waals surface area (Å²) in [6.45, 7) is 7.09. The van der Waals surface area contributed by atoms with Crippen molar-refractivity contribution in [3.8, 4) is 0 Å². The Balaban J connectivity index is 0.00000112. The third-order valence-electron chi connectivity index (χ3n) is 9.15. The number of esters is 2. The molecule has 2 unspecified atom stereocenters. The molecule has 0 aromatic heterocycles. The third-order valence-corrected chi connectivity index (χ3v) is 9.15. The van der Waals surface area contributed by atoms with Gasteiger partial charge in [-0.15, -0.1) is 23.2 Å². The molecular formula is C42H66Cl2N4O12. The van der Waals surface area contributed by atoms with Crippen molar-refractivity contribution >= 4 is 76.4 Å². The van der Waals surface area contributed by atoms with Crippen molar-refractivity contribution in [2.75, 3.05) is 45.7 Å². The fourth-order valence-corrected chi connectivity index (χ4v) is 6.09. The second-order valence-electron chi connectivity index (χ2n) is 15.2. The highest BCUT2D eigenvalue weighted by Crippen LogP contribution is 2.19. The SMILES string of the molecule is COC(=O)C(CCCCN)CC(=O)CCCCCN1C(=O)C=CC1=O.COC(=O)C(CCCCNC(=O)OC(C)(C)C)CC(=O)CCCCCN1C(=O)C=CC1=O.ClCCl. The molecule has 340 valence electrons. The fourth-order valence-electron chi connectivity index (χ4n) is 6.09. The van der Waals surface area contributed by atoms with Crippen LogP contribution in [0.3, 0.4) is 0 Å². The van der Waals surface area contributed by atoms with Crippen LogP contribution in [0.5, 0.6) is 0 Å². The van der Waals surface area contributed by atoms with E-state index in [0.29, 0.717) is 96.8 Å². The van der Waals surface area contributed by atoms with Crippen LogP contribution >= 0.6 is 23.2 Å².